The highest BCUT2D eigenvalue weighted by Gasteiger charge is 2.07. The highest BCUT2D eigenvalue weighted by atomic mass is 15.3. The van der Waals surface area contributed by atoms with Gasteiger partial charge in [-0.1, -0.05) is 0 Å². The Kier molecular flexibility index (Phi) is 2.06. The van der Waals surface area contributed by atoms with Gasteiger partial charge in [0.25, 0.3) is 0 Å². The van der Waals surface area contributed by atoms with Crippen molar-refractivity contribution < 1.29 is 0 Å². The number of nitrogens with zero attached hydrogens (tertiary/aromatic N) is 2. The largest absolute Gasteiger partial charge is 0.326 e. The number of hydrogen-bond acceptors (Lipinski definition) is 2. The third-order valence-electron chi connectivity index (χ3n) is 1.70. The summed E-state index contributed by atoms with van der Waals surface area (Å²) in [4.78, 5) is 0. The van der Waals surface area contributed by atoms with Crippen LogP contribution in [0.15, 0.2) is 18.5 Å². The Balaban J connectivity index is 2.68. The molecule has 56 valence electrons. The van der Waals surface area contributed by atoms with E-state index in [4.69, 9.17) is 5.73 Å². The topological polar surface area (TPSA) is 43.8 Å². The van der Waals surface area contributed by atoms with Gasteiger partial charge in [-0.05, 0) is 19.9 Å². The molecular formula is C7H13N3. The van der Waals surface area contributed by atoms with Crippen LogP contribution in [0.3, 0.4) is 0 Å². The minimum Gasteiger partial charge on any atom is -0.326 e. The minimum atomic E-state index is 0.153. The molecule has 1 aromatic heterocycles. The molecule has 0 aromatic carbocycles. The molecule has 0 saturated carbocycles. The van der Waals surface area contributed by atoms with Gasteiger partial charge in [0.1, 0.15) is 0 Å². The van der Waals surface area contributed by atoms with Crippen molar-refractivity contribution in [2.24, 2.45) is 5.73 Å². The quantitative estimate of drug-likeness (QED) is 0.658. The van der Waals surface area contributed by atoms with Gasteiger partial charge in [0.2, 0.25) is 0 Å². The maximum atomic E-state index is 5.67. The van der Waals surface area contributed by atoms with Crippen LogP contribution in [0.5, 0.6) is 0 Å². The Morgan fingerprint density at radius 2 is 2.20 bits per heavy atom. The Hall–Kier alpha value is -0.830. The molecule has 0 bridgehead atoms. The highest BCUT2D eigenvalue weighted by molar-refractivity contribution is 4.82. The van der Waals surface area contributed by atoms with Crippen LogP contribution in [0.4, 0.5) is 0 Å². The fourth-order valence-electron chi connectivity index (χ4n) is 0.762. The lowest BCUT2D eigenvalue weighted by molar-refractivity contribution is 0.425. The first-order valence-corrected chi connectivity index (χ1v) is 3.46. The zero-order valence-electron chi connectivity index (χ0n) is 6.36. The van der Waals surface area contributed by atoms with Crippen LogP contribution in [-0.2, 0) is 0 Å². The van der Waals surface area contributed by atoms with E-state index >= 15 is 0 Å². The molecule has 0 unspecified atom stereocenters. The summed E-state index contributed by atoms with van der Waals surface area (Å²) >= 11 is 0. The van der Waals surface area contributed by atoms with E-state index in [0.717, 1.165) is 0 Å². The summed E-state index contributed by atoms with van der Waals surface area (Å²) in [6.45, 7) is 4.03. The monoisotopic (exact) mass is 139 g/mol. The first kappa shape index (κ1) is 7.28. The second-order valence-electron chi connectivity index (χ2n) is 2.59. The standard InChI is InChI=1S/C7H13N3/c1-6(8)7(2)10-5-3-4-9-10/h3-7H,8H2,1-2H3/t6-,7+/m0/s1. The van der Waals surface area contributed by atoms with Gasteiger partial charge in [0, 0.05) is 18.4 Å². The molecule has 2 atom stereocenters. The number of rotatable bonds is 2. The summed E-state index contributed by atoms with van der Waals surface area (Å²) in [5.74, 6) is 0. The molecule has 0 aliphatic rings. The minimum absolute atomic E-state index is 0.153. The lowest BCUT2D eigenvalue weighted by Gasteiger charge is -2.15. The van der Waals surface area contributed by atoms with Gasteiger partial charge in [-0.15, -0.1) is 0 Å². The van der Waals surface area contributed by atoms with E-state index in [1.165, 1.54) is 0 Å². The molecule has 3 heteroatoms. The van der Waals surface area contributed by atoms with Crippen LogP contribution in [-0.4, -0.2) is 15.8 Å². The molecule has 1 rings (SSSR count). The van der Waals surface area contributed by atoms with Crippen LogP contribution in [0.25, 0.3) is 0 Å². The molecule has 0 radical (unpaired) electrons. The van der Waals surface area contributed by atoms with Gasteiger partial charge in [0.05, 0.1) is 6.04 Å². The SMILES string of the molecule is C[C@H](N)[C@@H](C)n1cccn1. The molecule has 1 heterocycles. The third kappa shape index (κ3) is 1.36. The molecule has 0 fully saturated rings. The second-order valence-corrected chi connectivity index (χ2v) is 2.59. The second kappa shape index (κ2) is 2.84. The zero-order valence-corrected chi connectivity index (χ0v) is 6.36. The number of hydrogen-bond donors (Lipinski definition) is 1. The average Bonchev–Trinajstić information content (AvgIpc) is 2.36. The molecule has 1 aromatic rings. The molecule has 2 N–H and O–H groups in total. The van der Waals surface area contributed by atoms with Gasteiger partial charge < -0.3 is 5.73 Å². The zero-order chi connectivity index (χ0) is 7.56. The van der Waals surface area contributed by atoms with Crippen LogP contribution in [0, 0.1) is 0 Å². The van der Waals surface area contributed by atoms with Crippen LogP contribution in [0.1, 0.15) is 19.9 Å². The van der Waals surface area contributed by atoms with E-state index in [9.17, 15) is 0 Å². The molecule has 3 nitrogen and oxygen atoms in total. The Morgan fingerprint density at radius 3 is 2.60 bits per heavy atom. The molecular weight excluding hydrogens is 126 g/mol. The Bertz CT molecular complexity index is 179. The lowest BCUT2D eigenvalue weighted by atomic mass is 10.2. The summed E-state index contributed by atoms with van der Waals surface area (Å²) in [6, 6.07) is 2.34. The van der Waals surface area contributed by atoms with Crippen molar-refractivity contribution in [1.29, 1.82) is 0 Å². The van der Waals surface area contributed by atoms with Crippen molar-refractivity contribution in [2.45, 2.75) is 25.9 Å². The van der Waals surface area contributed by atoms with Gasteiger partial charge >= 0.3 is 0 Å². The molecule has 0 aliphatic carbocycles. The van der Waals surface area contributed by atoms with E-state index in [1.54, 1.807) is 6.20 Å². The van der Waals surface area contributed by atoms with Gasteiger partial charge in [-0.2, -0.15) is 5.10 Å². The summed E-state index contributed by atoms with van der Waals surface area (Å²) in [7, 11) is 0. The van der Waals surface area contributed by atoms with Crippen molar-refractivity contribution in [3.8, 4) is 0 Å². The van der Waals surface area contributed by atoms with Crippen molar-refractivity contribution in [1.82, 2.24) is 9.78 Å². The predicted molar refractivity (Wildman–Crippen MR) is 40.6 cm³/mol. The summed E-state index contributed by atoms with van der Waals surface area (Å²) < 4.78 is 1.87. The molecule has 0 saturated heterocycles. The van der Waals surface area contributed by atoms with Crippen LogP contribution in [0.2, 0.25) is 0 Å². The van der Waals surface area contributed by atoms with E-state index in [0.29, 0.717) is 0 Å². The third-order valence-corrected chi connectivity index (χ3v) is 1.70. The average molecular weight is 139 g/mol. The van der Waals surface area contributed by atoms with Crippen LogP contribution >= 0.6 is 0 Å². The fourth-order valence-corrected chi connectivity index (χ4v) is 0.762. The van der Waals surface area contributed by atoms with Crippen molar-refractivity contribution in [2.75, 3.05) is 0 Å². The maximum absolute atomic E-state index is 5.67. The summed E-state index contributed by atoms with van der Waals surface area (Å²) in [6.07, 6.45) is 3.69. The Labute approximate surface area is 60.8 Å². The van der Waals surface area contributed by atoms with Crippen molar-refractivity contribution in [3.63, 3.8) is 0 Å². The summed E-state index contributed by atoms with van der Waals surface area (Å²) in [5, 5.41) is 4.07. The smallest absolute Gasteiger partial charge is 0.0639 e. The van der Waals surface area contributed by atoms with E-state index < -0.39 is 0 Å². The van der Waals surface area contributed by atoms with Gasteiger partial charge in [0.15, 0.2) is 0 Å². The Morgan fingerprint density at radius 1 is 1.50 bits per heavy atom. The first-order valence-electron chi connectivity index (χ1n) is 3.46. The predicted octanol–water partition coefficient (Wildman–Crippen LogP) is 0.791. The number of aromatic nitrogens is 2. The molecule has 0 spiro atoms. The van der Waals surface area contributed by atoms with Crippen molar-refractivity contribution >= 4 is 0 Å². The van der Waals surface area contributed by atoms with Gasteiger partial charge in [-0.3, -0.25) is 4.68 Å². The van der Waals surface area contributed by atoms with E-state index in [1.807, 2.05) is 23.9 Å². The fraction of sp³-hybridized carbons (Fsp3) is 0.571. The molecule has 0 amide bonds. The van der Waals surface area contributed by atoms with E-state index in [2.05, 4.69) is 12.0 Å². The van der Waals surface area contributed by atoms with Gasteiger partial charge in [-0.25, -0.2) is 0 Å². The maximum Gasteiger partial charge on any atom is 0.0639 e. The number of nitrogens with two attached hydrogens (primary N) is 1. The molecule has 10 heavy (non-hydrogen) atoms. The highest BCUT2D eigenvalue weighted by Crippen LogP contribution is 2.05. The molecule has 0 aliphatic heterocycles. The van der Waals surface area contributed by atoms with E-state index in [-0.39, 0.29) is 12.1 Å². The first-order chi connectivity index (χ1) is 4.72. The normalized spacial score (nSPS) is 16.7. The summed E-state index contributed by atoms with van der Waals surface area (Å²) in [5.41, 5.74) is 5.67. The lowest BCUT2D eigenvalue weighted by Crippen LogP contribution is -2.27. The van der Waals surface area contributed by atoms with Crippen molar-refractivity contribution in [3.05, 3.63) is 18.5 Å². The van der Waals surface area contributed by atoms with Crippen LogP contribution < -0.4 is 5.73 Å².